The van der Waals surface area contributed by atoms with Gasteiger partial charge in [0.2, 0.25) is 0 Å². The Morgan fingerprint density at radius 2 is 1.81 bits per heavy atom. The van der Waals surface area contributed by atoms with E-state index >= 15 is 0 Å². The van der Waals surface area contributed by atoms with Crippen LogP contribution in [-0.4, -0.2) is 47.8 Å². The third kappa shape index (κ3) is 3.26. The molecule has 0 aromatic heterocycles. The fraction of sp³-hybridized carbons (Fsp3) is 0.941. The molecule has 2 saturated carbocycles. The van der Waals surface area contributed by atoms with Crippen molar-refractivity contribution in [3.05, 3.63) is 0 Å². The number of aliphatic carboxylic acids is 1. The number of ether oxygens (including phenoxy) is 1. The zero-order chi connectivity index (χ0) is 14.7. The zero-order valence-corrected chi connectivity index (χ0v) is 13.1. The molecule has 2 aliphatic carbocycles. The first-order valence-electron chi connectivity index (χ1n) is 8.80. The molecule has 1 aliphatic heterocycles. The predicted molar refractivity (Wildman–Crippen MR) is 81.3 cm³/mol. The highest BCUT2D eigenvalue weighted by atomic mass is 16.5. The van der Waals surface area contributed by atoms with Crippen LogP contribution in [0.1, 0.15) is 64.2 Å². The van der Waals surface area contributed by atoms with E-state index in [4.69, 9.17) is 4.74 Å². The molecule has 2 unspecified atom stereocenters. The van der Waals surface area contributed by atoms with Crippen LogP contribution in [0, 0.1) is 5.41 Å². The second kappa shape index (κ2) is 6.66. The minimum atomic E-state index is -0.566. The van der Waals surface area contributed by atoms with Crippen LogP contribution < -0.4 is 0 Å². The summed E-state index contributed by atoms with van der Waals surface area (Å²) in [6.07, 6.45) is 11.5. The highest BCUT2D eigenvalue weighted by Crippen LogP contribution is 2.38. The van der Waals surface area contributed by atoms with Gasteiger partial charge < -0.3 is 9.84 Å². The smallest absolute Gasteiger partial charge is 0.310 e. The second-order valence-electron chi connectivity index (χ2n) is 7.23. The lowest BCUT2D eigenvalue weighted by Crippen LogP contribution is -2.56. The number of hydrogen-bond acceptors (Lipinski definition) is 3. The van der Waals surface area contributed by atoms with Gasteiger partial charge in [0, 0.05) is 19.1 Å². The summed E-state index contributed by atoms with van der Waals surface area (Å²) in [6.45, 7) is 2.43. The molecule has 0 radical (unpaired) electrons. The van der Waals surface area contributed by atoms with Gasteiger partial charge >= 0.3 is 5.97 Å². The van der Waals surface area contributed by atoms with Crippen LogP contribution in [0.3, 0.4) is 0 Å². The Labute approximate surface area is 127 Å². The van der Waals surface area contributed by atoms with E-state index in [1.54, 1.807) is 0 Å². The fourth-order valence-corrected chi connectivity index (χ4v) is 4.61. The summed E-state index contributed by atoms with van der Waals surface area (Å²) in [5.74, 6) is -0.566. The van der Waals surface area contributed by atoms with E-state index in [-0.39, 0.29) is 0 Å². The number of carboxylic acid groups (broad SMARTS) is 1. The lowest BCUT2D eigenvalue weighted by atomic mass is 9.78. The molecular weight excluding hydrogens is 266 g/mol. The summed E-state index contributed by atoms with van der Waals surface area (Å²) in [4.78, 5) is 14.5. The van der Waals surface area contributed by atoms with Gasteiger partial charge in [-0.25, -0.2) is 0 Å². The van der Waals surface area contributed by atoms with E-state index in [1.165, 1.54) is 32.1 Å². The average molecular weight is 295 g/mol. The Kier molecular flexibility index (Phi) is 4.85. The van der Waals surface area contributed by atoms with Gasteiger partial charge in [-0.05, 0) is 25.7 Å². The fourth-order valence-electron chi connectivity index (χ4n) is 4.61. The van der Waals surface area contributed by atoms with Crippen LogP contribution in [0.15, 0.2) is 0 Å². The normalized spacial score (nSPS) is 33.9. The van der Waals surface area contributed by atoms with Gasteiger partial charge in [-0.3, -0.25) is 9.69 Å². The highest BCUT2D eigenvalue weighted by molar-refractivity contribution is 5.75. The van der Waals surface area contributed by atoms with Gasteiger partial charge in [-0.1, -0.05) is 38.5 Å². The van der Waals surface area contributed by atoms with E-state index < -0.39 is 11.4 Å². The Hall–Kier alpha value is -0.610. The predicted octanol–water partition coefficient (Wildman–Crippen LogP) is 3.06. The van der Waals surface area contributed by atoms with Crippen molar-refractivity contribution in [2.45, 2.75) is 76.4 Å². The van der Waals surface area contributed by atoms with Gasteiger partial charge in [0.05, 0.1) is 18.1 Å². The van der Waals surface area contributed by atoms with Crippen molar-refractivity contribution in [3.8, 4) is 0 Å². The summed E-state index contributed by atoms with van der Waals surface area (Å²) in [5, 5.41) is 9.88. The molecule has 4 nitrogen and oxygen atoms in total. The van der Waals surface area contributed by atoms with Crippen molar-refractivity contribution in [1.29, 1.82) is 0 Å². The van der Waals surface area contributed by atoms with Gasteiger partial charge in [-0.2, -0.15) is 0 Å². The zero-order valence-electron chi connectivity index (χ0n) is 13.1. The number of nitrogens with zero attached hydrogens (tertiary/aromatic N) is 1. The molecule has 2 atom stereocenters. The topological polar surface area (TPSA) is 49.8 Å². The lowest BCUT2D eigenvalue weighted by Gasteiger charge is -2.46. The van der Waals surface area contributed by atoms with Gasteiger partial charge in [-0.15, -0.1) is 0 Å². The number of morpholine rings is 1. The SMILES string of the molecule is O=C(O)C1(CN2CCOC3CCCCC32)CCCCCC1. The molecule has 0 bridgehead atoms. The molecule has 4 heteroatoms. The first-order chi connectivity index (χ1) is 10.2. The first kappa shape index (κ1) is 15.3. The minimum absolute atomic E-state index is 0.351. The van der Waals surface area contributed by atoms with Crippen LogP contribution in [0.5, 0.6) is 0 Å². The molecule has 0 spiro atoms. The Bertz CT molecular complexity index is 361. The maximum absolute atomic E-state index is 12.0. The molecule has 0 amide bonds. The summed E-state index contributed by atoms with van der Waals surface area (Å²) in [5.41, 5.74) is -0.504. The summed E-state index contributed by atoms with van der Waals surface area (Å²) < 4.78 is 5.93. The molecular formula is C17H29NO3. The van der Waals surface area contributed by atoms with Gasteiger partial charge in [0.15, 0.2) is 0 Å². The highest BCUT2D eigenvalue weighted by Gasteiger charge is 2.44. The molecule has 3 aliphatic rings. The van der Waals surface area contributed by atoms with Crippen LogP contribution in [-0.2, 0) is 9.53 Å². The number of carbonyl (C=O) groups is 1. The average Bonchev–Trinajstić information content (AvgIpc) is 2.74. The van der Waals surface area contributed by atoms with Crippen molar-refractivity contribution in [1.82, 2.24) is 4.90 Å². The van der Waals surface area contributed by atoms with E-state index in [9.17, 15) is 9.90 Å². The molecule has 0 aromatic rings. The second-order valence-corrected chi connectivity index (χ2v) is 7.23. The summed E-state index contributed by atoms with van der Waals surface area (Å²) >= 11 is 0. The molecule has 0 aromatic carbocycles. The van der Waals surface area contributed by atoms with Gasteiger partial charge in [0.25, 0.3) is 0 Å². The van der Waals surface area contributed by atoms with E-state index in [1.807, 2.05) is 0 Å². The number of hydrogen-bond donors (Lipinski definition) is 1. The Balaban J connectivity index is 1.73. The maximum atomic E-state index is 12.0. The monoisotopic (exact) mass is 295 g/mol. The molecule has 1 heterocycles. The van der Waals surface area contributed by atoms with Crippen molar-refractivity contribution in [3.63, 3.8) is 0 Å². The van der Waals surface area contributed by atoms with Crippen molar-refractivity contribution in [2.24, 2.45) is 5.41 Å². The third-order valence-electron chi connectivity index (χ3n) is 5.87. The molecule has 1 N–H and O–H groups in total. The molecule has 21 heavy (non-hydrogen) atoms. The quantitative estimate of drug-likeness (QED) is 0.813. The molecule has 3 fully saturated rings. The Morgan fingerprint density at radius 3 is 2.52 bits per heavy atom. The molecule has 120 valence electrons. The van der Waals surface area contributed by atoms with Crippen molar-refractivity contribution >= 4 is 5.97 Å². The third-order valence-corrected chi connectivity index (χ3v) is 5.87. The Morgan fingerprint density at radius 1 is 1.10 bits per heavy atom. The lowest BCUT2D eigenvalue weighted by molar-refractivity contribution is -0.155. The number of carboxylic acids is 1. The van der Waals surface area contributed by atoms with Crippen LogP contribution in [0.4, 0.5) is 0 Å². The molecule has 3 rings (SSSR count). The van der Waals surface area contributed by atoms with Gasteiger partial charge in [0.1, 0.15) is 0 Å². The van der Waals surface area contributed by atoms with Crippen LogP contribution in [0.2, 0.25) is 0 Å². The maximum Gasteiger partial charge on any atom is 0.310 e. The van der Waals surface area contributed by atoms with E-state index in [0.717, 1.165) is 51.8 Å². The molecule has 1 saturated heterocycles. The summed E-state index contributed by atoms with van der Waals surface area (Å²) in [7, 11) is 0. The van der Waals surface area contributed by atoms with Crippen molar-refractivity contribution in [2.75, 3.05) is 19.7 Å². The van der Waals surface area contributed by atoms with E-state index in [0.29, 0.717) is 12.1 Å². The van der Waals surface area contributed by atoms with E-state index in [2.05, 4.69) is 4.90 Å². The summed E-state index contributed by atoms with van der Waals surface area (Å²) in [6, 6.07) is 0.465. The van der Waals surface area contributed by atoms with Crippen LogP contribution >= 0.6 is 0 Å². The number of fused-ring (bicyclic) bond motifs is 1. The first-order valence-corrected chi connectivity index (χ1v) is 8.80. The largest absolute Gasteiger partial charge is 0.481 e. The van der Waals surface area contributed by atoms with Crippen molar-refractivity contribution < 1.29 is 14.6 Å². The van der Waals surface area contributed by atoms with Crippen LogP contribution in [0.25, 0.3) is 0 Å². The number of rotatable bonds is 3. The minimum Gasteiger partial charge on any atom is -0.481 e. The standard InChI is InChI=1S/C17H29NO3/c19-16(20)17(9-5-1-2-6-10-17)13-18-11-12-21-15-8-4-3-7-14(15)18/h14-15H,1-13H2,(H,19,20).